The Bertz CT molecular complexity index is 793. The molecule has 1 aromatic carbocycles. The van der Waals surface area contributed by atoms with Gasteiger partial charge in [-0.3, -0.25) is 9.78 Å². The number of rotatable bonds is 1. The third-order valence-corrected chi connectivity index (χ3v) is 5.80. The van der Waals surface area contributed by atoms with E-state index in [1.165, 1.54) is 11.1 Å². The van der Waals surface area contributed by atoms with Gasteiger partial charge in [0.1, 0.15) is 0 Å². The van der Waals surface area contributed by atoms with Gasteiger partial charge >= 0.3 is 0 Å². The molecule has 25 heavy (non-hydrogen) atoms. The van der Waals surface area contributed by atoms with Gasteiger partial charge in [-0.2, -0.15) is 0 Å². The molecular weight excluding hydrogens is 310 g/mol. The van der Waals surface area contributed by atoms with Crippen LogP contribution in [0.25, 0.3) is 0 Å². The summed E-state index contributed by atoms with van der Waals surface area (Å²) in [6.07, 6.45) is 5.70. The highest BCUT2D eigenvalue weighted by Crippen LogP contribution is 2.41. The number of pyridine rings is 1. The molecule has 0 unspecified atom stereocenters. The van der Waals surface area contributed by atoms with Gasteiger partial charge < -0.3 is 9.80 Å². The van der Waals surface area contributed by atoms with Gasteiger partial charge in [-0.25, -0.2) is 0 Å². The van der Waals surface area contributed by atoms with Gasteiger partial charge in [0.2, 0.25) is 0 Å². The number of nitrogens with zero attached hydrogens (tertiary/aromatic N) is 3. The molecule has 0 N–H and O–H groups in total. The number of carbonyl (C=O) groups excluding carboxylic acids is 1. The number of aromatic nitrogens is 1. The second-order valence-electron chi connectivity index (χ2n) is 7.65. The van der Waals surface area contributed by atoms with Crippen LogP contribution >= 0.6 is 0 Å². The molecule has 130 valence electrons. The lowest BCUT2D eigenvalue weighted by Crippen LogP contribution is -2.52. The smallest absolute Gasteiger partial charge is 0.255 e. The van der Waals surface area contributed by atoms with Crippen molar-refractivity contribution >= 4 is 5.91 Å². The van der Waals surface area contributed by atoms with Gasteiger partial charge in [-0.1, -0.05) is 24.3 Å². The fraction of sp³-hybridized carbons (Fsp3) is 0.429. The lowest BCUT2D eigenvalue weighted by atomic mass is 9.69. The first-order chi connectivity index (χ1) is 12.1. The van der Waals surface area contributed by atoms with Crippen molar-refractivity contribution in [2.45, 2.75) is 31.7 Å². The fourth-order valence-corrected chi connectivity index (χ4v) is 4.36. The fourth-order valence-electron chi connectivity index (χ4n) is 4.36. The van der Waals surface area contributed by atoms with E-state index >= 15 is 0 Å². The molecule has 2 aliphatic rings. The number of benzene rings is 1. The van der Waals surface area contributed by atoms with Crippen molar-refractivity contribution in [3.63, 3.8) is 0 Å². The standard InChI is InChI=1S/C21H25N3O/c1-16-11-18(13-22-12-16)20(25)24-14-17-5-3-4-6-19(17)21(15-24)7-9-23(2)10-8-21/h3-6,11-13H,7-10,14-15H2,1-2H3. The van der Waals surface area contributed by atoms with E-state index in [1.807, 2.05) is 17.9 Å². The lowest BCUT2D eigenvalue weighted by molar-refractivity contribution is 0.0598. The van der Waals surface area contributed by atoms with Crippen molar-refractivity contribution in [1.29, 1.82) is 0 Å². The highest BCUT2D eigenvalue weighted by molar-refractivity contribution is 5.94. The molecule has 1 spiro atoms. The number of carbonyl (C=O) groups is 1. The topological polar surface area (TPSA) is 36.4 Å². The molecule has 0 saturated carbocycles. The molecule has 0 atom stereocenters. The Hall–Kier alpha value is -2.20. The van der Waals surface area contributed by atoms with Crippen LogP contribution in [0.15, 0.2) is 42.7 Å². The molecule has 4 nitrogen and oxygen atoms in total. The number of hydrogen-bond donors (Lipinski definition) is 0. The first-order valence-electron chi connectivity index (χ1n) is 9.05. The zero-order chi connectivity index (χ0) is 17.4. The first kappa shape index (κ1) is 16.3. The summed E-state index contributed by atoms with van der Waals surface area (Å²) in [6.45, 7) is 5.66. The van der Waals surface area contributed by atoms with Gasteiger partial charge in [-0.05, 0) is 62.7 Å². The number of hydrogen-bond acceptors (Lipinski definition) is 3. The van der Waals surface area contributed by atoms with E-state index in [0.717, 1.165) is 38.0 Å². The second kappa shape index (κ2) is 6.26. The van der Waals surface area contributed by atoms with Crippen LogP contribution in [-0.4, -0.2) is 47.4 Å². The van der Waals surface area contributed by atoms with Gasteiger partial charge in [0.25, 0.3) is 5.91 Å². The summed E-state index contributed by atoms with van der Waals surface area (Å²) in [7, 11) is 2.18. The average molecular weight is 335 g/mol. The maximum Gasteiger partial charge on any atom is 0.255 e. The highest BCUT2D eigenvalue weighted by atomic mass is 16.2. The SMILES string of the molecule is Cc1cncc(C(=O)N2Cc3ccccc3C3(CCN(C)CC3)C2)c1. The molecule has 2 aromatic rings. The molecule has 2 aliphatic heterocycles. The number of fused-ring (bicyclic) bond motifs is 2. The van der Waals surface area contributed by atoms with Crippen LogP contribution in [0.2, 0.25) is 0 Å². The van der Waals surface area contributed by atoms with E-state index in [0.29, 0.717) is 12.1 Å². The number of piperidine rings is 1. The Morgan fingerprint density at radius 2 is 1.92 bits per heavy atom. The maximum absolute atomic E-state index is 13.1. The van der Waals surface area contributed by atoms with E-state index in [2.05, 4.69) is 41.2 Å². The van der Waals surface area contributed by atoms with E-state index in [1.54, 1.807) is 12.4 Å². The summed E-state index contributed by atoms with van der Waals surface area (Å²) < 4.78 is 0. The summed E-state index contributed by atoms with van der Waals surface area (Å²) >= 11 is 0. The van der Waals surface area contributed by atoms with Crippen molar-refractivity contribution in [3.8, 4) is 0 Å². The Balaban J connectivity index is 1.69. The van der Waals surface area contributed by atoms with Crippen molar-refractivity contribution in [1.82, 2.24) is 14.8 Å². The minimum absolute atomic E-state index is 0.0915. The first-order valence-corrected chi connectivity index (χ1v) is 9.05. The molecule has 4 heteroatoms. The largest absolute Gasteiger partial charge is 0.333 e. The Kier molecular flexibility index (Phi) is 4.08. The molecule has 0 radical (unpaired) electrons. The van der Waals surface area contributed by atoms with Gasteiger partial charge in [0.15, 0.2) is 0 Å². The molecule has 1 saturated heterocycles. The zero-order valence-corrected chi connectivity index (χ0v) is 15.0. The third-order valence-electron chi connectivity index (χ3n) is 5.80. The number of likely N-dealkylation sites (tertiary alicyclic amines) is 1. The normalized spacial score (nSPS) is 19.7. The van der Waals surface area contributed by atoms with Crippen molar-refractivity contribution in [3.05, 3.63) is 65.0 Å². The molecular formula is C21H25N3O. The van der Waals surface area contributed by atoms with Crippen LogP contribution in [-0.2, 0) is 12.0 Å². The molecule has 1 fully saturated rings. The highest BCUT2D eigenvalue weighted by Gasteiger charge is 2.42. The molecule has 0 bridgehead atoms. The molecule has 1 aromatic heterocycles. The monoisotopic (exact) mass is 335 g/mol. The molecule has 3 heterocycles. The van der Waals surface area contributed by atoms with Crippen molar-refractivity contribution in [2.75, 3.05) is 26.7 Å². The third kappa shape index (κ3) is 2.95. The average Bonchev–Trinajstić information content (AvgIpc) is 2.63. The van der Waals surface area contributed by atoms with E-state index < -0.39 is 0 Å². The summed E-state index contributed by atoms with van der Waals surface area (Å²) in [5, 5.41) is 0. The predicted octanol–water partition coefficient (Wildman–Crippen LogP) is 3.01. The van der Waals surface area contributed by atoms with E-state index in [4.69, 9.17) is 0 Å². The Morgan fingerprint density at radius 3 is 2.68 bits per heavy atom. The van der Waals surface area contributed by atoms with Gasteiger partial charge in [-0.15, -0.1) is 0 Å². The maximum atomic E-state index is 13.1. The summed E-state index contributed by atoms with van der Waals surface area (Å²) in [4.78, 5) is 21.8. The lowest BCUT2D eigenvalue weighted by Gasteiger charge is -2.48. The minimum atomic E-state index is 0.0915. The predicted molar refractivity (Wildman–Crippen MR) is 98.6 cm³/mol. The zero-order valence-electron chi connectivity index (χ0n) is 15.0. The van der Waals surface area contributed by atoms with Crippen LogP contribution in [0.3, 0.4) is 0 Å². The van der Waals surface area contributed by atoms with Crippen molar-refractivity contribution in [2.24, 2.45) is 0 Å². The van der Waals surface area contributed by atoms with Crippen molar-refractivity contribution < 1.29 is 4.79 Å². The van der Waals surface area contributed by atoms with Crippen LogP contribution in [0, 0.1) is 6.92 Å². The molecule has 4 rings (SSSR count). The number of amides is 1. The van der Waals surface area contributed by atoms with Crippen LogP contribution in [0.1, 0.15) is 39.9 Å². The number of aryl methyl sites for hydroxylation is 1. The van der Waals surface area contributed by atoms with E-state index in [9.17, 15) is 4.79 Å². The molecule has 0 aliphatic carbocycles. The minimum Gasteiger partial charge on any atom is -0.333 e. The quantitative estimate of drug-likeness (QED) is 0.804. The van der Waals surface area contributed by atoms with E-state index in [-0.39, 0.29) is 11.3 Å². The second-order valence-corrected chi connectivity index (χ2v) is 7.65. The Morgan fingerprint density at radius 1 is 1.16 bits per heavy atom. The molecule has 1 amide bonds. The van der Waals surface area contributed by atoms with Crippen LogP contribution in [0.4, 0.5) is 0 Å². The van der Waals surface area contributed by atoms with Crippen LogP contribution in [0.5, 0.6) is 0 Å². The van der Waals surface area contributed by atoms with Gasteiger partial charge in [0.05, 0.1) is 5.56 Å². The van der Waals surface area contributed by atoms with Crippen LogP contribution < -0.4 is 0 Å². The summed E-state index contributed by atoms with van der Waals surface area (Å²) in [5.74, 6) is 0.101. The summed E-state index contributed by atoms with van der Waals surface area (Å²) in [6, 6.07) is 10.6. The van der Waals surface area contributed by atoms with Gasteiger partial charge in [0, 0.05) is 30.9 Å². The Labute approximate surface area is 149 Å². The summed E-state index contributed by atoms with van der Waals surface area (Å²) in [5.41, 5.74) is 4.57.